The van der Waals surface area contributed by atoms with Gasteiger partial charge < -0.3 is 5.32 Å². The number of hydrogen-bond acceptors (Lipinski definition) is 3. The van der Waals surface area contributed by atoms with Crippen molar-refractivity contribution in [2.24, 2.45) is 0 Å². The minimum atomic E-state index is -4.32. The molecular formula is C20H17ClF3N3. The molecule has 0 spiro atoms. The third-order valence-electron chi connectivity index (χ3n) is 4.34. The largest absolute Gasteiger partial charge is 0.401 e. The molecule has 27 heavy (non-hydrogen) atoms. The molecule has 0 saturated carbocycles. The van der Waals surface area contributed by atoms with Crippen LogP contribution in [-0.4, -0.2) is 29.2 Å². The lowest BCUT2D eigenvalue weighted by Gasteiger charge is -2.36. The summed E-state index contributed by atoms with van der Waals surface area (Å²) in [7, 11) is 0. The number of rotatable bonds is 6. The van der Waals surface area contributed by atoms with Gasteiger partial charge in [-0.15, -0.1) is 0 Å². The van der Waals surface area contributed by atoms with Gasteiger partial charge >= 0.3 is 6.18 Å². The Bertz CT molecular complexity index is 831. The van der Waals surface area contributed by atoms with Crippen molar-refractivity contribution >= 4 is 11.6 Å². The molecule has 140 valence electrons. The Kier molecular flexibility index (Phi) is 5.77. The van der Waals surface area contributed by atoms with Gasteiger partial charge in [-0.1, -0.05) is 35.9 Å². The van der Waals surface area contributed by atoms with Gasteiger partial charge in [-0.3, -0.25) is 9.97 Å². The monoisotopic (exact) mass is 391 g/mol. The van der Waals surface area contributed by atoms with Crippen LogP contribution < -0.4 is 5.32 Å². The highest BCUT2D eigenvalue weighted by molar-refractivity contribution is 6.30. The first-order valence-corrected chi connectivity index (χ1v) is 8.64. The molecule has 2 aromatic heterocycles. The molecule has 0 bridgehead atoms. The Morgan fingerprint density at radius 2 is 1.41 bits per heavy atom. The number of halogens is 4. The van der Waals surface area contributed by atoms with E-state index in [4.69, 9.17) is 11.6 Å². The fourth-order valence-corrected chi connectivity index (χ4v) is 3.37. The van der Waals surface area contributed by atoms with Crippen LogP contribution in [0.4, 0.5) is 13.2 Å². The van der Waals surface area contributed by atoms with Crippen molar-refractivity contribution in [3.8, 4) is 0 Å². The summed E-state index contributed by atoms with van der Waals surface area (Å²) in [6, 6.07) is 14.3. The summed E-state index contributed by atoms with van der Waals surface area (Å²) in [4.78, 5) is 8.35. The van der Waals surface area contributed by atoms with E-state index >= 15 is 0 Å². The number of benzene rings is 1. The van der Waals surface area contributed by atoms with E-state index in [0.29, 0.717) is 5.02 Å². The highest BCUT2D eigenvalue weighted by Gasteiger charge is 2.38. The first-order valence-electron chi connectivity index (χ1n) is 8.26. The standard InChI is InChI=1S/C20H17ClF3N3/c21-18-7-1-4-15(10-18)19(13-27-14-20(22,23)24,16-5-2-8-25-11-16)17-6-3-9-26-12-17/h1-12,27H,13-14H2. The summed E-state index contributed by atoms with van der Waals surface area (Å²) in [5.74, 6) is 0. The fourth-order valence-electron chi connectivity index (χ4n) is 3.18. The maximum atomic E-state index is 12.8. The molecule has 0 amide bonds. The SMILES string of the molecule is FC(F)(F)CNCC(c1cccnc1)(c1cccnc1)c1cccc(Cl)c1. The molecular weight excluding hydrogens is 375 g/mol. The molecule has 3 rings (SSSR count). The lowest BCUT2D eigenvalue weighted by atomic mass is 9.70. The predicted molar refractivity (Wildman–Crippen MR) is 98.7 cm³/mol. The van der Waals surface area contributed by atoms with E-state index in [1.807, 2.05) is 18.2 Å². The normalized spacial score (nSPS) is 12.1. The van der Waals surface area contributed by atoms with Crippen LogP contribution in [-0.2, 0) is 5.41 Å². The number of pyridine rings is 2. The second kappa shape index (κ2) is 8.06. The second-order valence-electron chi connectivity index (χ2n) is 6.12. The molecule has 0 fully saturated rings. The van der Waals surface area contributed by atoms with Crippen molar-refractivity contribution in [2.75, 3.05) is 13.1 Å². The number of nitrogens with one attached hydrogen (secondary N) is 1. The number of alkyl halides is 3. The van der Waals surface area contributed by atoms with Gasteiger partial charge in [-0.05, 0) is 41.0 Å². The Morgan fingerprint density at radius 3 is 1.89 bits per heavy atom. The third kappa shape index (κ3) is 4.46. The van der Waals surface area contributed by atoms with Crippen LogP contribution >= 0.6 is 11.6 Å². The highest BCUT2D eigenvalue weighted by Crippen LogP contribution is 2.39. The molecule has 0 aliphatic heterocycles. The van der Waals surface area contributed by atoms with Gasteiger partial charge in [0.15, 0.2) is 0 Å². The van der Waals surface area contributed by atoms with E-state index in [1.165, 1.54) is 0 Å². The molecule has 1 aromatic carbocycles. The molecule has 0 aliphatic rings. The summed E-state index contributed by atoms with van der Waals surface area (Å²) in [5, 5.41) is 3.06. The maximum absolute atomic E-state index is 12.8. The fraction of sp³-hybridized carbons (Fsp3) is 0.200. The molecule has 3 aromatic rings. The lowest BCUT2D eigenvalue weighted by molar-refractivity contribution is -0.125. The van der Waals surface area contributed by atoms with E-state index in [0.717, 1.165) is 16.7 Å². The summed E-state index contributed by atoms with van der Waals surface area (Å²) in [6.45, 7) is -1.10. The van der Waals surface area contributed by atoms with Gasteiger partial charge in [0.05, 0.1) is 12.0 Å². The minimum absolute atomic E-state index is 0.00421. The van der Waals surface area contributed by atoms with Crippen molar-refractivity contribution in [1.29, 1.82) is 0 Å². The van der Waals surface area contributed by atoms with Crippen LogP contribution in [0, 0.1) is 0 Å². The summed E-state index contributed by atoms with van der Waals surface area (Å²) >= 11 is 6.20. The molecule has 1 N–H and O–H groups in total. The maximum Gasteiger partial charge on any atom is 0.401 e. The van der Waals surface area contributed by atoms with Crippen LogP contribution in [0.1, 0.15) is 16.7 Å². The number of aromatic nitrogens is 2. The molecule has 7 heteroatoms. The zero-order chi connectivity index (χ0) is 19.3. The van der Waals surface area contributed by atoms with E-state index < -0.39 is 18.1 Å². The van der Waals surface area contributed by atoms with Crippen molar-refractivity contribution in [1.82, 2.24) is 15.3 Å². The van der Waals surface area contributed by atoms with Crippen molar-refractivity contribution < 1.29 is 13.2 Å². The predicted octanol–water partition coefficient (Wildman–Crippen LogP) is 4.62. The number of hydrogen-bond donors (Lipinski definition) is 1. The molecule has 0 aliphatic carbocycles. The second-order valence-corrected chi connectivity index (χ2v) is 6.55. The molecule has 2 heterocycles. The first-order chi connectivity index (χ1) is 12.9. The summed E-state index contributed by atoms with van der Waals surface area (Å²) < 4.78 is 38.4. The average Bonchev–Trinajstić information content (AvgIpc) is 2.66. The van der Waals surface area contributed by atoms with Gasteiger partial charge in [0.25, 0.3) is 0 Å². The van der Waals surface area contributed by atoms with Gasteiger partial charge in [-0.25, -0.2) is 0 Å². The van der Waals surface area contributed by atoms with E-state index in [9.17, 15) is 13.2 Å². The lowest BCUT2D eigenvalue weighted by Crippen LogP contribution is -2.43. The van der Waals surface area contributed by atoms with Gasteiger partial charge in [0.1, 0.15) is 0 Å². The molecule has 0 saturated heterocycles. The Labute approximate surface area is 160 Å². The zero-order valence-electron chi connectivity index (χ0n) is 14.2. The Hall–Kier alpha value is -2.44. The van der Waals surface area contributed by atoms with Crippen LogP contribution in [0.3, 0.4) is 0 Å². The van der Waals surface area contributed by atoms with E-state index in [-0.39, 0.29) is 6.54 Å². The third-order valence-corrected chi connectivity index (χ3v) is 4.58. The zero-order valence-corrected chi connectivity index (χ0v) is 15.0. The van der Waals surface area contributed by atoms with Crippen LogP contribution in [0.2, 0.25) is 5.02 Å². The van der Waals surface area contributed by atoms with Gasteiger partial charge in [0.2, 0.25) is 0 Å². The Morgan fingerprint density at radius 1 is 0.815 bits per heavy atom. The van der Waals surface area contributed by atoms with E-state index in [2.05, 4.69) is 15.3 Å². The van der Waals surface area contributed by atoms with Crippen LogP contribution in [0.25, 0.3) is 0 Å². The quantitative estimate of drug-likeness (QED) is 0.666. The molecule has 0 atom stereocenters. The molecule has 0 unspecified atom stereocenters. The number of nitrogens with zero attached hydrogens (tertiary/aromatic N) is 2. The minimum Gasteiger partial charge on any atom is -0.307 e. The van der Waals surface area contributed by atoms with Crippen molar-refractivity contribution in [3.63, 3.8) is 0 Å². The highest BCUT2D eigenvalue weighted by atomic mass is 35.5. The average molecular weight is 392 g/mol. The van der Waals surface area contributed by atoms with Crippen LogP contribution in [0.5, 0.6) is 0 Å². The first kappa shape index (κ1) is 19.3. The summed E-state index contributed by atoms with van der Waals surface area (Å²) in [6.07, 6.45) is 2.24. The van der Waals surface area contributed by atoms with Gasteiger partial charge in [-0.2, -0.15) is 13.2 Å². The van der Waals surface area contributed by atoms with Gasteiger partial charge in [0, 0.05) is 36.4 Å². The smallest absolute Gasteiger partial charge is 0.307 e. The van der Waals surface area contributed by atoms with Crippen LogP contribution in [0.15, 0.2) is 73.3 Å². The summed E-state index contributed by atoms with van der Waals surface area (Å²) in [5.41, 5.74) is 1.31. The van der Waals surface area contributed by atoms with Crippen molar-refractivity contribution in [3.05, 3.63) is 95.0 Å². The Balaban J connectivity index is 2.18. The molecule has 3 nitrogen and oxygen atoms in total. The topological polar surface area (TPSA) is 37.8 Å². The molecule has 0 radical (unpaired) electrons. The van der Waals surface area contributed by atoms with Crippen molar-refractivity contribution in [2.45, 2.75) is 11.6 Å². The van der Waals surface area contributed by atoms with E-state index in [1.54, 1.807) is 55.1 Å².